The van der Waals surface area contributed by atoms with Crippen LogP contribution in [0, 0.1) is 11.8 Å². The number of hydrogen-bond donors (Lipinski definition) is 3. The highest BCUT2D eigenvalue weighted by Crippen LogP contribution is 2.69. The minimum absolute atomic E-state index is 0.220. The van der Waals surface area contributed by atoms with E-state index >= 15 is 0 Å². The van der Waals surface area contributed by atoms with Crippen molar-refractivity contribution in [2.75, 3.05) is 0 Å². The molecule has 2 saturated carbocycles. The second-order valence-corrected chi connectivity index (χ2v) is 5.00. The smallest absolute Gasteiger partial charge is 0.195 e. The zero-order valence-corrected chi connectivity index (χ0v) is 7.83. The van der Waals surface area contributed by atoms with Gasteiger partial charge in [0.15, 0.2) is 11.8 Å². The third-order valence-corrected chi connectivity index (χ3v) is 4.49. The summed E-state index contributed by atoms with van der Waals surface area (Å²) in [6, 6.07) is 0. The first kappa shape index (κ1) is 7.21. The number of H-pyrrole nitrogens is 1. The van der Waals surface area contributed by atoms with Gasteiger partial charge >= 0.3 is 0 Å². The summed E-state index contributed by atoms with van der Waals surface area (Å²) in [6.45, 7) is 0. The molecule has 3 nitrogen and oxygen atoms in total. The molecule has 3 N–H and O–H groups in total. The van der Waals surface area contributed by atoms with Gasteiger partial charge in [0.25, 0.3) is 0 Å². The predicted molar refractivity (Wildman–Crippen MR) is 50.4 cm³/mol. The van der Waals surface area contributed by atoms with Gasteiger partial charge in [0, 0.05) is 11.1 Å². The molecule has 0 aliphatic heterocycles. The molecule has 5 rings (SSSR count). The summed E-state index contributed by atoms with van der Waals surface area (Å²) < 4.78 is 0. The lowest BCUT2D eigenvalue weighted by Gasteiger charge is -2.35. The fourth-order valence-corrected chi connectivity index (χ4v) is 3.92. The first-order valence-electron chi connectivity index (χ1n) is 5.41. The van der Waals surface area contributed by atoms with Crippen molar-refractivity contribution in [1.82, 2.24) is 4.98 Å². The number of hydrogen-bond acceptors (Lipinski definition) is 2. The molecule has 4 atom stereocenters. The highest BCUT2D eigenvalue weighted by molar-refractivity contribution is 5.53. The molecule has 0 amide bonds. The second kappa shape index (κ2) is 1.95. The number of rotatable bonds is 0. The van der Waals surface area contributed by atoms with E-state index in [0.717, 1.165) is 23.0 Å². The molecule has 4 aliphatic carbocycles. The molecule has 1 aromatic heterocycles. The van der Waals surface area contributed by atoms with Gasteiger partial charge in [-0.3, -0.25) is 4.98 Å². The maximum Gasteiger partial charge on any atom is 0.195 e. The summed E-state index contributed by atoms with van der Waals surface area (Å²) in [4.78, 5) is 2.67. The molecule has 3 heteroatoms. The van der Waals surface area contributed by atoms with Crippen molar-refractivity contribution in [3.8, 4) is 11.8 Å². The SMILES string of the molecule is Oc1[nH]c(O)c2c1C1CCC2C2CC12. The van der Waals surface area contributed by atoms with E-state index in [1.165, 1.54) is 19.3 Å². The molecule has 0 saturated heterocycles. The van der Waals surface area contributed by atoms with Crippen molar-refractivity contribution in [2.24, 2.45) is 11.8 Å². The Kier molecular flexibility index (Phi) is 1.00. The molecule has 1 aromatic rings. The van der Waals surface area contributed by atoms with Gasteiger partial charge in [0.1, 0.15) is 0 Å². The van der Waals surface area contributed by atoms with Gasteiger partial charge in [0.2, 0.25) is 0 Å². The first-order chi connectivity index (χ1) is 6.77. The van der Waals surface area contributed by atoms with Gasteiger partial charge in [-0.15, -0.1) is 0 Å². The van der Waals surface area contributed by atoms with Crippen molar-refractivity contribution in [2.45, 2.75) is 31.1 Å². The maximum absolute atomic E-state index is 9.72. The third-order valence-electron chi connectivity index (χ3n) is 4.49. The van der Waals surface area contributed by atoms with Gasteiger partial charge < -0.3 is 10.2 Å². The largest absolute Gasteiger partial charge is 0.494 e. The number of nitrogens with one attached hydrogen (secondary N) is 1. The monoisotopic (exact) mass is 191 g/mol. The number of aromatic nitrogens is 1. The van der Waals surface area contributed by atoms with Crippen LogP contribution in [0.25, 0.3) is 0 Å². The number of aromatic hydroxyl groups is 2. The van der Waals surface area contributed by atoms with E-state index in [0.29, 0.717) is 11.8 Å². The fourth-order valence-electron chi connectivity index (χ4n) is 3.92. The van der Waals surface area contributed by atoms with Gasteiger partial charge in [-0.1, -0.05) is 0 Å². The van der Waals surface area contributed by atoms with Crippen molar-refractivity contribution < 1.29 is 10.2 Å². The van der Waals surface area contributed by atoms with E-state index in [9.17, 15) is 10.2 Å². The zero-order chi connectivity index (χ0) is 9.45. The highest BCUT2D eigenvalue weighted by atomic mass is 16.3. The van der Waals surface area contributed by atoms with Crippen LogP contribution in [-0.4, -0.2) is 15.2 Å². The van der Waals surface area contributed by atoms with Crippen LogP contribution >= 0.6 is 0 Å². The summed E-state index contributed by atoms with van der Waals surface area (Å²) in [7, 11) is 0. The molecular formula is C11H13NO2. The average Bonchev–Trinajstić information content (AvgIpc) is 2.92. The quantitative estimate of drug-likeness (QED) is 0.587. The van der Waals surface area contributed by atoms with Crippen LogP contribution in [-0.2, 0) is 0 Å². The van der Waals surface area contributed by atoms with Gasteiger partial charge in [-0.25, -0.2) is 0 Å². The Morgan fingerprint density at radius 2 is 1.43 bits per heavy atom. The average molecular weight is 191 g/mol. The van der Waals surface area contributed by atoms with Crippen molar-refractivity contribution in [3.63, 3.8) is 0 Å². The highest BCUT2D eigenvalue weighted by Gasteiger charge is 2.58. The Labute approximate surface area is 81.8 Å². The molecule has 1 heterocycles. The molecule has 2 bridgehead atoms. The second-order valence-electron chi connectivity index (χ2n) is 5.00. The summed E-state index contributed by atoms with van der Waals surface area (Å²) >= 11 is 0. The molecule has 0 aromatic carbocycles. The summed E-state index contributed by atoms with van der Waals surface area (Å²) in [5.41, 5.74) is 2.08. The van der Waals surface area contributed by atoms with Gasteiger partial charge in [-0.2, -0.15) is 0 Å². The van der Waals surface area contributed by atoms with Crippen LogP contribution in [0.5, 0.6) is 11.8 Å². The molecule has 2 fully saturated rings. The molecule has 0 radical (unpaired) electrons. The van der Waals surface area contributed by atoms with Crippen LogP contribution in [0.1, 0.15) is 42.2 Å². The van der Waals surface area contributed by atoms with Crippen molar-refractivity contribution in [3.05, 3.63) is 11.1 Å². The molecular weight excluding hydrogens is 178 g/mol. The van der Waals surface area contributed by atoms with Crippen LogP contribution in [0.15, 0.2) is 0 Å². The summed E-state index contributed by atoms with van der Waals surface area (Å²) in [6.07, 6.45) is 3.70. The molecule has 0 spiro atoms. The lowest BCUT2D eigenvalue weighted by atomic mass is 9.68. The van der Waals surface area contributed by atoms with E-state index in [4.69, 9.17) is 0 Å². The van der Waals surface area contributed by atoms with E-state index < -0.39 is 0 Å². The van der Waals surface area contributed by atoms with Crippen LogP contribution in [0.2, 0.25) is 0 Å². The Hall–Kier alpha value is -1.12. The lowest BCUT2D eigenvalue weighted by molar-refractivity contribution is 0.322. The Morgan fingerprint density at radius 1 is 0.929 bits per heavy atom. The van der Waals surface area contributed by atoms with E-state index in [1.807, 2.05) is 0 Å². The van der Waals surface area contributed by atoms with Crippen LogP contribution in [0.4, 0.5) is 0 Å². The van der Waals surface area contributed by atoms with Crippen LogP contribution in [0.3, 0.4) is 0 Å². The first-order valence-corrected chi connectivity index (χ1v) is 5.41. The predicted octanol–water partition coefficient (Wildman–Crippen LogP) is 2.04. The summed E-state index contributed by atoms with van der Waals surface area (Å²) in [5.74, 6) is 3.11. The molecule has 4 aliphatic rings. The topological polar surface area (TPSA) is 56.2 Å². The van der Waals surface area contributed by atoms with Gasteiger partial charge in [-0.05, 0) is 42.9 Å². The van der Waals surface area contributed by atoms with E-state index in [2.05, 4.69) is 4.98 Å². The van der Waals surface area contributed by atoms with Gasteiger partial charge in [0.05, 0.1) is 0 Å². The summed E-state index contributed by atoms with van der Waals surface area (Å²) in [5, 5.41) is 19.4. The van der Waals surface area contributed by atoms with Crippen molar-refractivity contribution in [1.29, 1.82) is 0 Å². The standard InChI is InChI=1S/C11H13NO2/c13-10-8-4-1-2-5(7-3-6(4)7)9(8)11(14)12-10/h4-7,12-14H,1-3H2. The molecule has 74 valence electrons. The minimum atomic E-state index is 0.220. The maximum atomic E-state index is 9.72. The Balaban J connectivity index is 2.02. The fraction of sp³-hybridized carbons (Fsp3) is 0.636. The van der Waals surface area contributed by atoms with E-state index in [1.54, 1.807) is 0 Å². The zero-order valence-electron chi connectivity index (χ0n) is 7.83. The minimum Gasteiger partial charge on any atom is -0.494 e. The number of aromatic amines is 1. The normalized spacial score (nSPS) is 42.0. The van der Waals surface area contributed by atoms with E-state index in [-0.39, 0.29) is 11.8 Å². The lowest BCUT2D eigenvalue weighted by Crippen LogP contribution is -2.22. The van der Waals surface area contributed by atoms with Crippen LogP contribution < -0.4 is 0 Å². The molecule has 4 unspecified atom stereocenters. The third kappa shape index (κ3) is 0.606. The number of fused-ring (bicyclic) bond motifs is 1. The molecule has 14 heavy (non-hydrogen) atoms. The Bertz CT molecular complexity index is 387. The van der Waals surface area contributed by atoms with Crippen molar-refractivity contribution >= 4 is 0 Å². The Morgan fingerprint density at radius 3 is 1.93 bits per heavy atom.